The SMILES string of the molecule is C=C(c1ccc(C2CC[C@@]3(C)C(=O)CNC(C)C3C2)c(Cl)c1)N1CCC(CO)CC1. The van der Waals surface area contributed by atoms with Gasteiger partial charge in [0.15, 0.2) is 5.78 Å². The molecule has 0 bridgehead atoms. The van der Waals surface area contributed by atoms with Gasteiger partial charge in [0.25, 0.3) is 0 Å². The Bertz CT molecular complexity index is 817. The first-order valence-electron chi connectivity index (χ1n) is 11.4. The standard InChI is InChI=1S/C25H35ClN2O2/c1-16-22-12-20(6-9-25(22,3)24(30)14-27-16)21-5-4-19(13-23(21)26)17(2)28-10-7-18(15-29)8-11-28/h4-5,13,16,18,20,22,27,29H,2,6-12,14-15H2,1,3H3/t16?,20?,22?,25-/m1/s1. The number of aliphatic hydroxyl groups is 1. The highest BCUT2D eigenvalue weighted by atomic mass is 35.5. The lowest BCUT2D eigenvalue weighted by Gasteiger charge is -2.49. The van der Waals surface area contributed by atoms with Gasteiger partial charge in [0.1, 0.15) is 0 Å². The fraction of sp³-hybridized carbons (Fsp3) is 0.640. The van der Waals surface area contributed by atoms with Gasteiger partial charge in [-0.25, -0.2) is 0 Å². The van der Waals surface area contributed by atoms with Gasteiger partial charge in [-0.1, -0.05) is 37.2 Å². The van der Waals surface area contributed by atoms with Crippen LogP contribution in [-0.2, 0) is 4.79 Å². The highest BCUT2D eigenvalue weighted by Gasteiger charge is 2.49. The number of Topliss-reactive ketones (excluding diaryl/α,β-unsaturated/α-hetero) is 1. The van der Waals surface area contributed by atoms with E-state index in [9.17, 15) is 9.90 Å². The van der Waals surface area contributed by atoms with E-state index in [2.05, 4.69) is 48.8 Å². The highest BCUT2D eigenvalue weighted by Crippen LogP contribution is 2.51. The molecule has 0 radical (unpaired) electrons. The van der Waals surface area contributed by atoms with Crippen LogP contribution in [0.4, 0.5) is 0 Å². The summed E-state index contributed by atoms with van der Waals surface area (Å²) in [6.07, 6.45) is 4.98. The number of hydrogen-bond acceptors (Lipinski definition) is 4. The van der Waals surface area contributed by atoms with Gasteiger partial charge in [-0.3, -0.25) is 4.79 Å². The van der Waals surface area contributed by atoms with E-state index < -0.39 is 0 Å². The number of piperidine rings is 2. The maximum absolute atomic E-state index is 12.6. The second kappa shape index (κ2) is 8.64. The smallest absolute Gasteiger partial charge is 0.152 e. The molecule has 1 aromatic rings. The van der Waals surface area contributed by atoms with Gasteiger partial charge in [-0.2, -0.15) is 0 Å². The Morgan fingerprint density at radius 2 is 2.07 bits per heavy atom. The van der Waals surface area contributed by atoms with E-state index in [4.69, 9.17) is 11.6 Å². The first kappa shape index (κ1) is 21.9. The number of benzene rings is 1. The Balaban J connectivity index is 1.47. The lowest BCUT2D eigenvalue weighted by Crippen LogP contribution is -2.57. The van der Waals surface area contributed by atoms with Gasteiger partial charge in [0, 0.05) is 41.9 Å². The van der Waals surface area contributed by atoms with Crippen LogP contribution in [0.2, 0.25) is 5.02 Å². The maximum atomic E-state index is 12.6. The molecule has 3 fully saturated rings. The number of ketones is 1. The fourth-order valence-corrected chi connectivity index (χ4v) is 6.27. The number of carbonyl (C=O) groups excluding carboxylic acids is 1. The molecule has 4 rings (SSSR count). The van der Waals surface area contributed by atoms with Crippen molar-refractivity contribution >= 4 is 23.1 Å². The third-order valence-electron chi connectivity index (χ3n) is 8.22. The molecule has 1 aliphatic carbocycles. The molecule has 2 saturated heterocycles. The zero-order chi connectivity index (χ0) is 21.5. The minimum absolute atomic E-state index is 0.192. The van der Waals surface area contributed by atoms with E-state index >= 15 is 0 Å². The van der Waals surface area contributed by atoms with Crippen LogP contribution < -0.4 is 5.32 Å². The summed E-state index contributed by atoms with van der Waals surface area (Å²) in [5.41, 5.74) is 3.11. The predicted octanol–water partition coefficient (Wildman–Crippen LogP) is 4.47. The minimum Gasteiger partial charge on any atom is -0.396 e. The van der Waals surface area contributed by atoms with Crippen molar-refractivity contribution in [3.05, 3.63) is 40.9 Å². The second-order valence-corrected chi connectivity index (χ2v) is 10.3. The van der Waals surface area contributed by atoms with E-state index in [0.29, 0.717) is 36.1 Å². The zero-order valence-electron chi connectivity index (χ0n) is 18.3. The zero-order valence-corrected chi connectivity index (χ0v) is 19.0. The molecule has 2 aliphatic heterocycles. The summed E-state index contributed by atoms with van der Waals surface area (Å²) in [5, 5.41) is 13.6. The molecular weight excluding hydrogens is 396 g/mol. The van der Waals surface area contributed by atoms with Crippen LogP contribution in [0.1, 0.15) is 63.0 Å². The molecule has 164 valence electrons. The molecule has 5 heteroatoms. The molecule has 4 atom stereocenters. The average Bonchev–Trinajstić information content (AvgIpc) is 2.76. The van der Waals surface area contributed by atoms with Crippen LogP contribution in [-0.4, -0.2) is 48.1 Å². The Labute approximate surface area is 185 Å². The summed E-state index contributed by atoms with van der Waals surface area (Å²) < 4.78 is 0. The maximum Gasteiger partial charge on any atom is 0.152 e. The predicted molar refractivity (Wildman–Crippen MR) is 123 cm³/mol. The molecule has 3 aliphatic rings. The number of carbonyl (C=O) groups is 1. The Morgan fingerprint density at radius 1 is 1.33 bits per heavy atom. The van der Waals surface area contributed by atoms with Crippen LogP contribution in [0.3, 0.4) is 0 Å². The average molecular weight is 431 g/mol. The van der Waals surface area contributed by atoms with Gasteiger partial charge in [0.2, 0.25) is 0 Å². The third-order valence-corrected chi connectivity index (χ3v) is 8.55. The number of likely N-dealkylation sites (tertiary alicyclic amines) is 1. The van der Waals surface area contributed by atoms with Crippen LogP contribution >= 0.6 is 11.6 Å². The summed E-state index contributed by atoms with van der Waals surface area (Å²) in [6, 6.07) is 6.76. The van der Waals surface area contributed by atoms with Crippen LogP contribution in [0.15, 0.2) is 24.8 Å². The number of hydrogen-bond donors (Lipinski definition) is 2. The van der Waals surface area contributed by atoms with Crippen molar-refractivity contribution in [3.8, 4) is 0 Å². The molecular formula is C25H35ClN2O2. The first-order valence-corrected chi connectivity index (χ1v) is 11.8. The Morgan fingerprint density at radius 3 is 2.73 bits per heavy atom. The monoisotopic (exact) mass is 430 g/mol. The summed E-state index contributed by atoms with van der Waals surface area (Å²) in [7, 11) is 0. The topological polar surface area (TPSA) is 52.6 Å². The molecule has 30 heavy (non-hydrogen) atoms. The Hall–Kier alpha value is -1.36. The second-order valence-electron chi connectivity index (χ2n) is 9.88. The molecule has 0 aromatic heterocycles. The molecule has 1 aromatic carbocycles. The van der Waals surface area contributed by atoms with Crippen molar-refractivity contribution in [2.45, 2.75) is 57.9 Å². The van der Waals surface area contributed by atoms with Gasteiger partial charge in [-0.05, 0) is 74.0 Å². The van der Waals surface area contributed by atoms with Crippen molar-refractivity contribution in [1.29, 1.82) is 0 Å². The summed E-state index contributed by atoms with van der Waals surface area (Å²) in [4.78, 5) is 14.9. The van der Waals surface area contributed by atoms with E-state index in [-0.39, 0.29) is 12.0 Å². The van der Waals surface area contributed by atoms with Gasteiger partial charge >= 0.3 is 0 Å². The Kier molecular flexibility index (Phi) is 6.30. The van der Waals surface area contributed by atoms with Gasteiger partial charge < -0.3 is 15.3 Å². The van der Waals surface area contributed by atoms with E-state index in [0.717, 1.165) is 61.5 Å². The van der Waals surface area contributed by atoms with Crippen LogP contribution in [0.25, 0.3) is 5.70 Å². The summed E-state index contributed by atoms with van der Waals surface area (Å²) >= 11 is 6.79. The molecule has 2 N–H and O–H groups in total. The fourth-order valence-electron chi connectivity index (χ4n) is 5.93. The number of aliphatic hydroxyl groups excluding tert-OH is 1. The number of nitrogens with zero attached hydrogens (tertiary/aromatic N) is 1. The number of rotatable bonds is 4. The molecule has 0 spiro atoms. The third kappa shape index (κ3) is 3.94. The van der Waals surface area contributed by atoms with E-state index in [1.54, 1.807) is 0 Å². The van der Waals surface area contributed by atoms with Crippen LogP contribution in [0, 0.1) is 17.3 Å². The lowest BCUT2D eigenvalue weighted by molar-refractivity contribution is -0.137. The highest BCUT2D eigenvalue weighted by molar-refractivity contribution is 6.31. The van der Waals surface area contributed by atoms with Crippen molar-refractivity contribution < 1.29 is 9.90 Å². The van der Waals surface area contributed by atoms with E-state index in [1.165, 1.54) is 5.56 Å². The number of halogens is 1. The lowest BCUT2D eigenvalue weighted by atomic mass is 9.58. The molecule has 0 amide bonds. The normalized spacial score (nSPS) is 32.7. The van der Waals surface area contributed by atoms with Crippen molar-refractivity contribution in [2.75, 3.05) is 26.2 Å². The summed E-state index contributed by atoms with van der Waals surface area (Å²) in [6.45, 7) is 11.4. The number of nitrogens with one attached hydrogen (secondary N) is 1. The quantitative estimate of drug-likeness (QED) is 0.740. The summed E-state index contributed by atoms with van der Waals surface area (Å²) in [5.74, 6) is 1.54. The van der Waals surface area contributed by atoms with Crippen molar-refractivity contribution in [2.24, 2.45) is 17.3 Å². The molecule has 2 heterocycles. The largest absolute Gasteiger partial charge is 0.396 e. The minimum atomic E-state index is -0.192. The van der Waals surface area contributed by atoms with Crippen molar-refractivity contribution in [1.82, 2.24) is 10.2 Å². The van der Waals surface area contributed by atoms with E-state index in [1.807, 2.05) is 0 Å². The van der Waals surface area contributed by atoms with Crippen LogP contribution in [0.5, 0.6) is 0 Å². The van der Waals surface area contributed by atoms with Gasteiger partial charge in [0.05, 0.1) is 6.54 Å². The molecule has 4 nitrogen and oxygen atoms in total. The number of fused-ring (bicyclic) bond motifs is 1. The molecule has 3 unspecified atom stereocenters. The van der Waals surface area contributed by atoms with Gasteiger partial charge in [-0.15, -0.1) is 0 Å². The molecule has 1 saturated carbocycles. The van der Waals surface area contributed by atoms with Crippen molar-refractivity contribution in [3.63, 3.8) is 0 Å². The first-order chi connectivity index (χ1) is 14.3.